The van der Waals surface area contributed by atoms with Crippen LogP contribution in [0, 0.1) is 23.6 Å². The third-order valence-electron chi connectivity index (χ3n) is 3.71. The monoisotopic (exact) mass is 289 g/mol. The first-order chi connectivity index (χ1) is 10.2. The Morgan fingerprint density at radius 2 is 2.14 bits per heavy atom. The van der Waals surface area contributed by atoms with Gasteiger partial charge in [-0.3, -0.25) is 4.79 Å². The lowest BCUT2D eigenvalue weighted by Crippen LogP contribution is -2.29. The van der Waals surface area contributed by atoms with Crippen molar-refractivity contribution in [1.29, 1.82) is 0 Å². The summed E-state index contributed by atoms with van der Waals surface area (Å²) < 4.78 is 13.8. The highest BCUT2D eigenvalue weighted by molar-refractivity contribution is 5.94. The van der Waals surface area contributed by atoms with Crippen molar-refractivity contribution in [3.05, 3.63) is 35.1 Å². The molecular formula is C17H20FNO2. The first kappa shape index (κ1) is 15.5. The zero-order valence-corrected chi connectivity index (χ0v) is 12.0. The highest BCUT2D eigenvalue weighted by atomic mass is 19.1. The van der Waals surface area contributed by atoms with E-state index in [9.17, 15) is 9.18 Å². The van der Waals surface area contributed by atoms with Crippen LogP contribution in [0.1, 0.15) is 48.0 Å². The molecule has 0 aliphatic heterocycles. The highest BCUT2D eigenvalue weighted by Gasteiger charge is 2.17. The van der Waals surface area contributed by atoms with Gasteiger partial charge >= 0.3 is 0 Å². The summed E-state index contributed by atoms with van der Waals surface area (Å²) in [6.45, 7) is 0.599. The molecule has 1 aromatic rings. The van der Waals surface area contributed by atoms with E-state index in [0.29, 0.717) is 24.4 Å². The average molecular weight is 289 g/mol. The topological polar surface area (TPSA) is 49.3 Å². The average Bonchev–Trinajstić information content (AvgIpc) is 3.00. The number of carbonyl (C=O) groups is 1. The lowest BCUT2D eigenvalue weighted by Gasteiger charge is -2.11. The Labute approximate surface area is 124 Å². The molecule has 0 saturated heterocycles. The number of rotatable bonds is 4. The Morgan fingerprint density at radius 1 is 1.38 bits per heavy atom. The van der Waals surface area contributed by atoms with Crippen LogP contribution in [-0.4, -0.2) is 24.2 Å². The van der Waals surface area contributed by atoms with E-state index in [4.69, 9.17) is 5.11 Å². The lowest BCUT2D eigenvalue weighted by atomic mass is 10.1. The predicted octanol–water partition coefficient (Wildman–Crippen LogP) is 2.48. The number of carbonyl (C=O) groups excluding carboxylic acids is 1. The van der Waals surface area contributed by atoms with Crippen molar-refractivity contribution in [3.8, 4) is 11.8 Å². The maximum atomic E-state index is 13.8. The van der Waals surface area contributed by atoms with Crippen molar-refractivity contribution in [2.75, 3.05) is 13.2 Å². The maximum absolute atomic E-state index is 13.8. The minimum atomic E-state index is -0.536. The van der Waals surface area contributed by atoms with Crippen LogP contribution in [0.15, 0.2) is 18.2 Å². The van der Waals surface area contributed by atoms with Gasteiger partial charge in [0.1, 0.15) is 5.82 Å². The molecule has 0 radical (unpaired) electrons. The summed E-state index contributed by atoms with van der Waals surface area (Å²) in [5, 5.41) is 11.5. The van der Waals surface area contributed by atoms with Gasteiger partial charge < -0.3 is 10.4 Å². The normalized spacial score (nSPS) is 14.6. The van der Waals surface area contributed by atoms with Crippen LogP contribution in [0.2, 0.25) is 0 Å². The molecule has 0 heterocycles. The molecule has 0 atom stereocenters. The minimum Gasteiger partial charge on any atom is -0.395 e. The molecule has 21 heavy (non-hydrogen) atoms. The van der Waals surface area contributed by atoms with E-state index in [-0.39, 0.29) is 18.1 Å². The van der Waals surface area contributed by atoms with Crippen LogP contribution in [-0.2, 0) is 0 Å². The van der Waals surface area contributed by atoms with E-state index >= 15 is 0 Å². The van der Waals surface area contributed by atoms with Gasteiger partial charge in [0.2, 0.25) is 0 Å². The second-order valence-electron chi connectivity index (χ2n) is 5.33. The van der Waals surface area contributed by atoms with Gasteiger partial charge in [-0.2, -0.15) is 0 Å². The molecule has 0 spiro atoms. The third-order valence-corrected chi connectivity index (χ3v) is 3.71. The Balaban J connectivity index is 2.01. The molecular weight excluding hydrogens is 269 g/mol. The van der Waals surface area contributed by atoms with Crippen molar-refractivity contribution in [1.82, 2.24) is 5.32 Å². The summed E-state index contributed by atoms with van der Waals surface area (Å²) in [4.78, 5) is 12.1. The van der Waals surface area contributed by atoms with E-state index in [2.05, 4.69) is 17.2 Å². The van der Waals surface area contributed by atoms with Crippen molar-refractivity contribution < 1.29 is 14.3 Å². The van der Waals surface area contributed by atoms with E-state index in [1.165, 1.54) is 31.0 Å². The number of hydrogen-bond donors (Lipinski definition) is 2. The zero-order chi connectivity index (χ0) is 15.1. The SMILES string of the molecule is O=C(NCC1CCCC1)c1cc(C#CCCO)ccc1F. The van der Waals surface area contributed by atoms with Crippen molar-refractivity contribution in [3.63, 3.8) is 0 Å². The van der Waals surface area contributed by atoms with Gasteiger partial charge in [-0.05, 0) is 37.0 Å². The molecule has 1 fully saturated rings. The molecule has 3 nitrogen and oxygen atoms in total. The summed E-state index contributed by atoms with van der Waals surface area (Å²) in [5.74, 6) is 5.17. The van der Waals surface area contributed by atoms with Crippen LogP contribution in [0.4, 0.5) is 4.39 Å². The number of aliphatic hydroxyl groups excluding tert-OH is 1. The van der Waals surface area contributed by atoms with E-state index in [1.54, 1.807) is 0 Å². The number of benzene rings is 1. The Hall–Kier alpha value is -1.86. The zero-order valence-electron chi connectivity index (χ0n) is 12.0. The predicted molar refractivity (Wildman–Crippen MR) is 79.3 cm³/mol. The molecule has 4 heteroatoms. The van der Waals surface area contributed by atoms with Crippen molar-refractivity contribution >= 4 is 5.91 Å². The van der Waals surface area contributed by atoms with Crippen LogP contribution in [0.25, 0.3) is 0 Å². The van der Waals surface area contributed by atoms with Gasteiger partial charge in [0.05, 0.1) is 12.2 Å². The fraction of sp³-hybridized carbons (Fsp3) is 0.471. The van der Waals surface area contributed by atoms with Gasteiger partial charge in [0.25, 0.3) is 5.91 Å². The van der Waals surface area contributed by atoms with Gasteiger partial charge in [-0.25, -0.2) is 4.39 Å². The largest absolute Gasteiger partial charge is 0.395 e. The number of halogens is 1. The van der Waals surface area contributed by atoms with Gasteiger partial charge in [0.15, 0.2) is 0 Å². The van der Waals surface area contributed by atoms with Crippen LogP contribution in [0.5, 0.6) is 0 Å². The van der Waals surface area contributed by atoms with Gasteiger partial charge in [-0.1, -0.05) is 24.7 Å². The van der Waals surface area contributed by atoms with Gasteiger partial charge in [-0.15, -0.1) is 0 Å². The van der Waals surface area contributed by atoms with Crippen LogP contribution >= 0.6 is 0 Å². The molecule has 2 N–H and O–H groups in total. The molecule has 2 rings (SSSR count). The lowest BCUT2D eigenvalue weighted by molar-refractivity contribution is 0.0943. The molecule has 1 aliphatic carbocycles. The summed E-state index contributed by atoms with van der Waals surface area (Å²) >= 11 is 0. The smallest absolute Gasteiger partial charge is 0.254 e. The number of hydrogen-bond acceptors (Lipinski definition) is 2. The Bertz CT molecular complexity index is 554. The van der Waals surface area contributed by atoms with E-state index < -0.39 is 5.82 Å². The summed E-state index contributed by atoms with van der Waals surface area (Å²) in [7, 11) is 0. The molecule has 0 unspecified atom stereocenters. The quantitative estimate of drug-likeness (QED) is 0.837. The fourth-order valence-electron chi connectivity index (χ4n) is 2.54. The van der Waals surface area contributed by atoms with Crippen LogP contribution < -0.4 is 5.32 Å². The van der Waals surface area contributed by atoms with E-state index in [1.807, 2.05) is 0 Å². The summed E-state index contributed by atoms with van der Waals surface area (Å²) in [6.07, 6.45) is 5.06. The van der Waals surface area contributed by atoms with Crippen molar-refractivity contribution in [2.45, 2.75) is 32.1 Å². The number of nitrogens with one attached hydrogen (secondary N) is 1. The molecule has 0 bridgehead atoms. The fourth-order valence-corrected chi connectivity index (χ4v) is 2.54. The highest BCUT2D eigenvalue weighted by Crippen LogP contribution is 2.23. The molecule has 1 aromatic carbocycles. The number of amides is 1. The number of aliphatic hydroxyl groups is 1. The summed E-state index contributed by atoms with van der Waals surface area (Å²) in [5.41, 5.74) is 0.611. The Morgan fingerprint density at radius 3 is 2.86 bits per heavy atom. The van der Waals surface area contributed by atoms with Crippen LogP contribution in [0.3, 0.4) is 0 Å². The van der Waals surface area contributed by atoms with Crippen molar-refractivity contribution in [2.24, 2.45) is 5.92 Å². The molecule has 1 amide bonds. The second-order valence-corrected chi connectivity index (χ2v) is 5.33. The molecule has 1 aliphatic rings. The van der Waals surface area contributed by atoms with Gasteiger partial charge in [0, 0.05) is 18.5 Å². The maximum Gasteiger partial charge on any atom is 0.254 e. The minimum absolute atomic E-state index is 0.0110. The summed E-state index contributed by atoms with van der Waals surface area (Å²) in [6, 6.07) is 4.25. The molecule has 112 valence electrons. The first-order valence-corrected chi connectivity index (χ1v) is 7.38. The van der Waals surface area contributed by atoms with E-state index in [0.717, 1.165) is 12.8 Å². The molecule has 1 saturated carbocycles. The molecule has 0 aromatic heterocycles. The standard InChI is InChI=1S/C17H20FNO2/c18-16-9-8-13(5-3-4-10-20)11-15(16)17(21)19-12-14-6-1-2-7-14/h8-9,11,14,20H,1-2,4,6-7,10,12H2,(H,19,21). The third kappa shape index (κ3) is 4.57. The second kappa shape index (κ2) is 7.80. The Kier molecular flexibility index (Phi) is 5.77. The first-order valence-electron chi connectivity index (χ1n) is 7.38.